The van der Waals surface area contributed by atoms with Crippen LogP contribution in [0.5, 0.6) is 5.75 Å². The third-order valence-corrected chi connectivity index (χ3v) is 4.20. The summed E-state index contributed by atoms with van der Waals surface area (Å²) in [6.07, 6.45) is 2.95. The Balaban J connectivity index is 1.82. The van der Waals surface area contributed by atoms with Crippen molar-refractivity contribution in [1.82, 2.24) is 4.90 Å². The van der Waals surface area contributed by atoms with Crippen molar-refractivity contribution in [2.45, 2.75) is 19.9 Å². The highest BCUT2D eigenvalue weighted by molar-refractivity contribution is 5.89. The van der Waals surface area contributed by atoms with E-state index in [1.807, 2.05) is 68.4 Å². The van der Waals surface area contributed by atoms with Crippen molar-refractivity contribution in [3.8, 4) is 5.75 Å². The molecule has 0 aliphatic rings. The summed E-state index contributed by atoms with van der Waals surface area (Å²) in [5, 5.41) is 0. The minimum Gasteiger partial charge on any atom is -0.494 e. The molecule has 0 aromatic heterocycles. The fraction of sp³-hybridized carbons (Fsp3) is 0.273. The monoisotopic (exact) mass is 367 g/mol. The molecule has 0 saturated heterocycles. The number of benzene rings is 2. The number of hydrogen-bond donors (Lipinski definition) is 0. The lowest BCUT2D eigenvalue weighted by Gasteiger charge is -2.25. The molecule has 2 aromatic rings. The lowest BCUT2D eigenvalue weighted by Crippen LogP contribution is -2.33. The van der Waals surface area contributed by atoms with Gasteiger partial charge >= 0.3 is 5.97 Å². The van der Waals surface area contributed by atoms with E-state index < -0.39 is 5.97 Å². The first-order chi connectivity index (χ1) is 13.0. The smallest absolute Gasteiger partial charge is 0.331 e. The van der Waals surface area contributed by atoms with Crippen molar-refractivity contribution in [2.24, 2.45) is 0 Å². The van der Waals surface area contributed by atoms with Gasteiger partial charge in [0.05, 0.1) is 12.6 Å². The molecule has 1 unspecified atom stereocenters. The zero-order valence-electron chi connectivity index (χ0n) is 15.9. The van der Waals surface area contributed by atoms with E-state index in [4.69, 9.17) is 9.47 Å². The summed E-state index contributed by atoms with van der Waals surface area (Å²) in [5.74, 6) is -0.0365. The van der Waals surface area contributed by atoms with Gasteiger partial charge < -0.3 is 14.4 Å². The third kappa shape index (κ3) is 6.29. The maximum absolute atomic E-state index is 12.2. The molecule has 142 valence electrons. The first-order valence-corrected chi connectivity index (χ1v) is 8.89. The first-order valence-electron chi connectivity index (χ1n) is 8.89. The quantitative estimate of drug-likeness (QED) is 0.525. The van der Waals surface area contributed by atoms with Crippen LogP contribution in [0.25, 0.3) is 6.08 Å². The molecule has 1 atom stereocenters. The number of likely N-dealkylation sites (N-methyl/N-ethyl adjacent to an activating group) is 1. The van der Waals surface area contributed by atoms with E-state index >= 15 is 0 Å². The van der Waals surface area contributed by atoms with Crippen LogP contribution in [0.15, 0.2) is 60.7 Å². The Hall–Kier alpha value is -3.08. The number of amides is 1. The Morgan fingerprint density at radius 1 is 1.07 bits per heavy atom. The van der Waals surface area contributed by atoms with Gasteiger partial charge in [0, 0.05) is 13.1 Å². The van der Waals surface area contributed by atoms with Gasteiger partial charge in [-0.3, -0.25) is 4.79 Å². The van der Waals surface area contributed by atoms with Gasteiger partial charge in [-0.2, -0.15) is 0 Å². The molecule has 27 heavy (non-hydrogen) atoms. The van der Waals surface area contributed by atoms with Gasteiger partial charge in [-0.15, -0.1) is 0 Å². The van der Waals surface area contributed by atoms with Crippen LogP contribution in [0, 0.1) is 0 Å². The Kier molecular flexibility index (Phi) is 7.62. The minimum atomic E-state index is -0.557. The number of ether oxygens (including phenoxy) is 2. The number of hydrogen-bond acceptors (Lipinski definition) is 4. The van der Waals surface area contributed by atoms with Crippen molar-refractivity contribution in [1.29, 1.82) is 0 Å². The van der Waals surface area contributed by atoms with Crippen LogP contribution in [-0.2, 0) is 14.3 Å². The largest absolute Gasteiger partial charge is 0.494 e. The predicted molar refractivity (Wildman–Crippen MR) is 105 cm³/mol. The molecule has 0 saturated carbocycles. The van der Waals surface area contributed by atoms with Gasteiger partial charge in [-0.05, 0) is 43.2 Å². The second kappa shape index (κ2) is 10.2. The zero-order valence-corrected chi connectivity index (χ0v) is 15.9. The van der Waals surface area contributed by atoms with Crippen molar-refractivity contribution in [2.75, 3.05) is 20.3 Å². The molecule has 0 spiro atoms. The van der Waals surface area contributed by atoms with Crippen molar-refractivity contribution >= 4 is 18.0 Å². The Morgan fingerprint density at radius 2 is 1.74 bits per heavy atom. The van der Waals surface area contributed by atoms with Crippen LogP contribution in [0.1, 0.15) is 31.0 Å². The minimum absolute atomic E-state index is 0.100. The van der Waals surface area contributed by atoms with E-state index in [2.05, 4.69) is 0 Å². The Morgan fingerprint density at radius 3 is 2.37 bits per heavy atom. The van der Waals surface area contributed by atoms with Crippen LogP contribution in [0.2, 0.25) is 0 Å². The number of carbonyl (C=O) groups is 2. The van der Waals surface area contributed by atoms with E-state index in [1.54, 1.807) is 18.0 Å². The molecule has 5 nitrogen and oxygen atoms in total. The molecule has 0 radical (unpaired) electrons. The summed E-state index contributed by atoms with van der Waals surface area (Å²) >= 11 is 0. The Bertz CT molecular complexity index is 769. The summed E-state index contributed by atoms with van der Waals surface area (Å²) in [5.41, 5.74) is 1.87. The van der Waals surface area contributed by atoms with Crippen molar-refractivity contribution in [3.63, 3.8) is 0 Å². The average molecular weight is 367 g/mol. The summed E-state index contributed by atoms with van der Waals surface area (Å²) in [6.45, 7) is 4.16. The molecule has 2 aromatic carbocycles. The van der Waals surface area contributed by atoms with E-state index in [9.17, 15) is 9.59 Å². The molecular weight excluding hydrogens is 342 g/mol. The van der Waals surface area contributed by atoms with Gasteiger partial charge in [0.25, 0.3) is 5.91 Å². The zero-order chi connectivity index (χ0) is 19.6. The van der Waals surface area contributed by atoms with Gasteiger partial charge in [0.15, 0.2) is 6.61 Å². The maximum Gasteiger partial charge on any atom is 0.331 e. The van der Waals surface area contributed by atoms with E-state index in [0.717, 1.165) is 16.9 Å². The topological polar surface area (TPSA) is 55.8 Å². The summed E-state index contributed by atoms with van der Waals surface area (Å²) in [4.78, 5) is 25.7. The molecule has 1 amide bonds. The first kappa shape index (κ1) is 20.2. The molecule has 0 aliphatic heterocycles. The normalized spacial score (nSPS) is 11.8. The fourth-order valence-electron chi connectivity index (χ4n) is 2.46. The van der Waals surface area contributed by atoms with Crippen LogP contribution in [0.4, 0.5) is 0 Å². The molecule has 0 fully saturated rings. The summed E-state index contributed by atoms with van der Waals surface area (Å²) in [7, 11) is 1.70. The molecule has 5 heteroatoms. The summed E-state index contributed by atoms with van der Waals surface area (Å²) in [6, 6.07) is 16.9. The van der Waals surface area contributed by atoms with Crippen LogP contribution in [0.3, 0.4) is 0 Å². The van der Waals surface area contributed by atoms with E-state index in [-0.39, 0.29) is 18.6 Å². The second-order valence-corrected chi connectivity index (χ2v) is 6.03. The molecule has 2 rings (SSSR count). The lowest BCUT2D eigenvalue weighted by molar-refractivity contribution is -0.148. The van der Waals surface area contributed by atoms with Crippen molar-refractivity contribution < 1.29 is 19.1 Å². The molecule has 0 bridgehead atoms. The number of carbonyl (C=O) groups excluding carboxylic acids is 2. The fourth-order valence-corrected chi connectivity index (χ4v) is 2.46. The molecule has 0 aliphatic carbocycles. The highest BCUT2D eigenvalue weighted by Gasteiger charge is 2.18. The van der Waals surface area contributed by atoms with Gasteiger partial charge in [0.2, 0.25) is 0 Å². The molecule has 0 N–H and O–H groups in total. The van der Waals surface area contributed by atoms with Crippen LogP contribution >= 0.6 is 0 Å². The maximum atomic E-state index is 12.2. The average Bonchev–Trinajstić information content (AvgIpc) is 2.71. The predicted octanol–water partition coefficient (Wildman–Crippen LogP) is 3.86. The van der Waals surface area contributed by atoms with Gasteiger partial charge in [-0.1, -0.05) is 42.5 Å². The van der Waals surface area contributed by atoms with E-state index in [0.29, 0.717) is 6.61 Å². The van der Waals surface area contributed by atoms with Crippen LogP contribution in [-0.4, -0.2) is 37.0 Å². The summed E-state index contributed by atoms with van der Waals surface area (Å²) < 4.78 is 10.4. The second-order valence-electron chi connectivity index (χ2n) is 6.03. The third-order valence-electron chi connectivity index (χ3n) is 4.20. The number of esters is 1. The van der Waals surface area contributed by atoms with Gasteiger partial charge in [-0.25, -0.2) is 4.79 Å². The standard InChI is InChI=1S/C22H25NO4/c1-4-26-20-13-10-18(11-14-20)12-15-22(25)27-16-21(24)23(3)17(2)19-8-6-5-7-9-19/h5-15,17H,4,16H2,1-3H3/b15-12+. The van der Waals surface area contributed by atoms with Gasteiger partial charge in [0.1, 0.15) is 5.75 Å². The SMILES string of the molecule is CCOc1ccc(/C=C/C(=O)OCC(=O)N(C)C(C)c2ccccc2)cc1. The van der Waals surface area contributed by atoms with Crippen LogP contribution < -0.4 is 4.74 Å². The van der Waals surface area contributed by atoms with Crippen molar-refractivity contribution in [3.05, 3.63) is 71.8 Å². The lowest BCUT2D eigenvalue weighted by atomic mass is 10.1. The number of nitrogens with zero attached hydrogens (tertiary/aromatic N) is 1. The Labute approximate surface area is 160 Å². The highest BCUT2D eigenvalue weighted by atomic mass is 16.5. The molecular formula is C22H25NO4. The number of rotatable bonds is 8. The van der Waals surface area contributed by atoms with E-state index in [1.165, 1.54) is 6.08 Å². The molecule has 0 heterocycles. The highest BCUT2D eigenvalue weighted by Crippen LogP contribution is 2.18.